The van der Waals surface area contributed by atoms with Crippen LogP contribution in [0.25, 0.3) is 0 Å². The molecule has 1 fully saturated rings. The van der Waals surface area contributed by atoms with Gasteiger partial charge in [-0.05, 0) is 37.8 Å². The van der Waals surface area contributed by atoms with Crippen molar-refractivity contribution in [2.24, 2.45) is 0 Å². The average Bonchev–Trinajstić information content (AvgIpc) is 2.38. The summed E-state index contributed by atoms with van der Waals surface area (Å²) in [4.78, 5) is 0. The molecule has 1 unspecified atom stereocenters. The Balaban J connectivity index is 2.07. The van der Waals surface area contributed by atoms with Crippen molar-refractivity contribution >= 4 is 0 Å². The van der Waals surface area contributed by atoms with Crippen LogP contribution in [0.4, 0.5) is 0 Å². The molecule has 0 bridgehead atoms. The van der Waals surface area contributed by atoms with E-state index in [1.807, 2.05) is 0 Å². The molecule has 0 amide bonds. The summed E-state index contributed by atoms with van der Waals surface area (Å²) in [6, 6.07) is 7.15. The van der Waals surface area contributed by atoms with E-state index in [0.717, 1.165) is 0 Å². The van der Waals surface area contributed by atoms with E-state index in [2.05, 4.69) is 37.4 Å². The number of hydrogen-bond donors (Lipinski definition) is 2. The van der Waals surface area contributed by atoms with Crippen LogP contribution < -0.4 is 5.32 Å². The summed E-state index contributed by atoms with van der Waals surface area (Å²) in [5.41, 5.74) is 3.80. The van der Waals surface area contributed by atoms with Gasteiger partial charge in [0.2, 0.25) is 0 Å². The van der Waals surface area contributed by atoms with Crippen LogP contribution in [0.3, 0.4) is 0 Å². The van der Waals surface area contributed by atoms with E-state index in [9.17, 15) is 5.11 Å². The molecule has 0 aromatic heterocycles. The van der Waals surface area contributed by atoms with Crippen LogP contribution in [0.2, 0.25) is 0 Å². The van der Waals surface area contributed by atoms with Crippen molar-refractivity contribution < 1.29 is 5.11 Å². The van der Waals surface area contributed by atoms with Gasteiger partial charge in [0.25, 0.3) is 0 Å². The summed E-state index contributed by atoms with van der Waals surface area (Å²) < 4.78 is 0. The van der Waals surface area contributed by atoms with Crippen molar-refractivity contribution in [2.75, 3.05) is 6.61 Å². The first-order valence-electron chi connectivity index (χ1n) is 7.15. The maximum absolute atomic E-state index is 9.64. The lowest BCUT2D eigenvalue weighted by Crippen LogP contribution is -2.36. The zero-order valence-corrected chi connectivity index (χ0v) is 11.6. The fourth-order valence-corrected chi connectivity index (χ4v) is 3.01. The molecule has 2 nitrogen and oxygen atoms in total. The third-order valence-electron chi connectivity index (χ3n) is 4.03. The van der Waals surface area contributed by atoms with E-state index in [1.165, 1.54) is 48.8 Å². The Kier molecular flexibility index (Phi) is 4.79. The summed E-state index contributed by atoms with van der Waals surface area (Å²) in [6.45, 7) is 4.42. The molecule has 0 heterocycles. The number of hydrogen-bond acceptors (Lipinski definition) is 2. The van der Waals surface area contributed by atoms with Crippen LogP contribution in [0.1, 0.15) is 54.8 Å². The largest absolute Gasteiger partial charge is 0.394 e. The standard InChI is InChI=1S/C16H25NO/c1-12-8-9-15(13(2)10-12)16(11-18)17-14-6-4-3-5-7-14/h8-10,14,16-18H,3-7,11H2,1-2H3. The number of benzene rings is 1. The lowest BCUT2D eigenvalue weighted by molar-refractivity contribution is 0.220. The van der Waals surface area contributed by atoms with Gasteiger partial charge in [0, 0.05) is 6.04 Å². The fourth-order valence-electron chi connectivity index (χ4n) is 3.01. The third-order valence-corrected chi connectivity index (χ3v) is 4.03. The predicted molar refractivity (Wildman–Crippen MR) is 75.8 cm³/mol. The maximum atomic E-state index is 9.64. The molecule has 18 heavy (non-hydrogen) atoms. The molecule has 0 aliphatic heterocycles. The minimum atomic E-state index is 0.0914. The monoisotopic (exact) mass is 247 g/mol. The summed E-state index contributed by atoms with van der Waals surface area (Å²) in [5.74, 6) is 0. The van der Waals surface area contributed by atoms with Crippen LogP contribution in [0, 0.1) is 13.8 Å². The molecule has 1 saturated carbocycles. The number of rotatable bonds is 4. The Morgan fingerprint density at radius 1 is 1.22 bits per heavy atom. The molecule has 1 atom stereocenters. The van der Waals surface area contributed by atoms with Crippen LogP contribution in [-0.4, -0.2) is 17.8 Å². The predicted octanol–water partition coefficient (Wildman–Crippen LogP) is 3.26. The summed E-state index contributed by atoms with van der Waals surface area (Å²) in [6.07, 6.45) is 6.51. The smallest absolute Gasteiger partial charge is 0.0626 e. The Hall–Kier alpha value is -0.860. The number of aliphatic hydroxyl groups excluding tert-OH is 1. The molecular formula is C16H25NO. The first kappa shape index (κ1) is 13.6. The quantitative estimate of drug-likeness (QED) is 0.856. The van der Waals surface area contributed by atoms with E-state index in [4.69, 9.17) is 0 Å². The summed E-state index contributed by atoms with van der Waals surface area (Å²) in [5, 5.41) is 13.3. The average molecular weight is 247 g/mol. The first-order valence-corrected chi connectivity index (χ1v) is 7.15. The molecule has 2 heteroatoms. The Bertz CT molecular complexity index is 383. The van der Waals surface area contributed by atoms with Crippen molar-refractivity contribution in [2.45, 2.75) is 58.0 Å². The van der Waals surface area contributed by atoms with Crippen molar-refractivity contribution in [3.8, 4) is 0 Å². The van der Waals surface area contributed by atoms with Crippen LogP contribution in [0.5, 0.6) is 0 Å². The summed E-state index contributed by atoms with van der Waals surface area (Å²) in [7, 11) is 0. The molecule has 1 aliphatic rings. The van der Waals surface area contributed by atoms with E-state index in [0.29, 0.717) is 6.04 Å². The van der Waals surface area contributed by atoms with Gasteiger partial charge in [-0.2, -0.15) is 0 Å². The minimum absolute atomic E-state index is 0.0914. The highest BCUT2D eigenvalue weighted by molar-refractivity contribution is 5.33. The molecule has 0 spiro atoms. The van der Waals surface area contributed by atoms with Gasteiger partial charge in [-0.1, -0.05) is 43.0 Å². The highest BCUT2D eigenvalue weighted by atomic mass is 16.3. The van der Waals surface area contributed by atoms with Crippen LogP contribution in [-0.2, 0) is 0 Å². The van der Waals surface area contributed by atoms with Gasteiger partial charge >= 0.3 is 0 Å². The third kappa shape index (κ3) is 3.33. The Morgan fingerprint density at radius 3 is 2.56 bits per heavy atom. The molecule has 0 radical (unpaired) electrons. The molecule has 1 aliphatic carbocycles. The molecule has 1 aromatic carbocycles. The van der Waals surface area contributed by atoms with Crippen LogP contribution >= 0.6 is 0 Å². The van der Waals surface area contributed by atoms with Gasteiger partial charge in [-0.25, -0.2) is 0 Å². The lowest BCUT2D eigenvalue weighted by atomic mass is 9.93. The van der Waals surface area contributed by atoms with E-state index < -0.39 is 0 Å². The highest BCUT2D eigenvalue weighted by Gasteiger charge is 2.19. The van der Waals surface area contributed by atoms with Crippen molar-refractivity contribution in [1.29, 1.82) is 0 Å². The second kappa shape index (κ2) is 6.35. The Morgan fingerprint density at radius 2 is 1.94 bits per heavy atom. The zero-order valence-electron chi connectivity index (χ0n) is 11.6. The van der Waals surface area contributed by atoms with Gasteiger partial charge in [0.1, 0.15) is 0 Å². The van der Waals surface area contributed by atoms with Crippen molar-refractivity contribution in [1.82, 2.24) is 5.32 Å². The number of aryl methyl sites for hydroxylation is 2. The normalized spacial score (nSPS) is 18.8. The summed E-state index contributed by atoms with van der Waals surface area (Å²) >= 11 is 0. The Labute approximate surface area is 110 Å². The number of nitrogens with one attached hydrogen (secondary N) is 1. The van der Waals surface area contributed by atoms with Gasteiger partial charge in [-0.15, -0.1) is 0 Å². The molecule has 2 rings (SSSR count). The number of aliphatic hydroxyl groups is 1. The molecule has 100 valence electrons. The lowest BCUT2D eigenvalue weighted by Gasteiger charge is -2.28. The topological polar surface area (TPSA) is 32.3 Å². The van der Waals surface area contributed by atoms with Gasteiger partial charge in [0.15, 0.2) is 0 Å². The highest BCUT2D eigenvalue weighted by Crippen LogP contribution is 2.23. The zero-order chi connectivity index (χ0) is 13.0. The fraction of sp³-hybridized carbons (Fsp3) is 0.625. The first-order chi connectivity index (χ1) is 8.70. The minimum Gasteiger partial charge on any atom is -0.394 e. The van der Waals surface area contributed by atoms with E-state index >= 15 is 0 Å². The second-order valence-electron chi connectivity index (χ2n) is 5.60. The molecule has 2 N–H and O–H groups in total. The molecule has 0 saturated heterocycles. The van der Waals surface area contributed by atoms with Crippen LogP contribution in [0.15, 0.2) is 18.2 Å². The van der Waals surface area contributed by atoms with E-state index in [-0.39, 0.29) is 12.6 Å². The van der Waals surface area contributed by atoms with Gasteiger partial charge < -0.3 is 10.4 Å². The molecular weight excluding hydrogens is 222 g/mol. The molecule has 1 aromatic rings. The second-order valence-corrected chi connectivity index (χ2v) is 5.60. The van der Waals surface area contributed by atoms with Gasteiger partial charge in [0.05, 0.1) is 12.6 Å². The van der Waals surface area contributed by atoms with E-state index in [1.54, 1.807) is 0 Å². The van der Waals surface area contributed by atoms with Crippen molar-refractivity contribution in [3.63, 3.8) is 0 Å². The SMILES string of the molecule is Cc1ccc(C(CO)NC2CCCCC2)c(C)c1. The van der Waals surface area contributed by atoms with Gasteiger partial charge in [-0.3, -0.25) is 0 Å². The maximum Gasteiger partial charge on any atom is 0.0626 e. The van der Waals surface area contributed by atoms with Crippen molar-refractivity contribution in [3.05, 3.63) is 34.9 Å².